The molecule has 1 saturated heterocycles. The third-order valence-electron chi connectivity index (χ3n) is 3.58. The summed E-state index contributed by atoms with van der Waals surface area (Å²) in [4.78, 5) is 27.0. The normalized spacial score (nSPS) is 20.5. The number of hydrogen-bond acceptors (Lipinski definition) is 8. The fraction of sp³-hybridized carbons (Fsp3) is 0.583. The van der Waals surface area contributed by atoms with E-state index in [9.17, 15) is 22.8 Å². The second kappa shape index (κ2) is 5.76. The number of hydrogen-bond donors (Lipinski definition) is 2. The van der Waals surface area contributed by atoms with E-state index >= 15 is 0 Å². The van der Waals surface area contributed by atoms with Gasteiger partial charge in [-0.15, -0.1) is 5.10 Å². The molecule has 9 nitrogen and oxygen atoms in total. The molecule has 0 aromatic carbocycles. The topological polar surface area (TPSA) is 119 Å². The van der Waals surface area contributed by atoms with Crippen LogP contribution in [0.4, 0.5) is 19.1 Å². The maximum Gasteiger partial charge on any atom is 0.451 e. The monoisotopic (exact) mass is 347 g/mol. The Bertz CT molecular complexity index is 671. The first-order chi connectivity index (χ1) is 11.3. The van der Waals surface area contributed by atoms with Gasteiger partial charge in [0.05, 0.1) is 0 Å². The van der Waals surface area contributed by atoms with Gasteiger partial charge in [0.1, 0.15) is 0 Å². The minimum absolute atomic E-state index is 0.404. The van der Waals surface area contributed by atoms with Crippen LogP contribution in [0.25, 0.3) is 0 Å². The Morgan fingerprint density at radius 3 is 2.29 bits per heavy atom. The van der Waals surface area contributed by atoms with E-state index in [4.69, 9.17) is 9.47 Å². The molecular weight excluding hydrogens is 335 g/mol. The molecule has 130 valence electrons. The number of aromatic amines is 1. The van der Waals surface area contributed by atoms with Gasteiger partial charge >= 0.3 is 18.1 Å². The molecule has 0 unspecified atom stereocenters. The number of carbonyl (C=O) groups excluding carboxylic acids is 2. The molecule has 2 heterocycles. The van der Waals surface area contributed by atoms with Crippen molar-refractivity contribution >= 4 is 23.6 Å². The van der Waals surface area contributed by atoms with Crippen molar-refractivity contribution < 1.29 is 32.2 Å². The van der Waals surface area contributed by atoms with Crippen molar-refractivity contribution in [1.29, 1.82) is 0 Å². The summed E-state index contributed by atoms with van der Waals surface area (Å²) in [6, 6.07) is 0. The Hall–Kier alpha value is -2.66. The highest BCUT2D eigenvalue weighted by Gasteiger charge is 2.47. The third kappa shape index (κ3) is 3.16. The van der Waals surface area contributed by atoms with Gasteiger partial charge in [-0.05, 0) is 12.8 Å². The molecule has 1 aromatic heterocycles. The zero-order valence-electron chi connectivity index (χ0n) is 12.1. The molecule has 1 saturated carbocycles. The van der Waals surface area contributed by atoms with Gasteiger partial charge in [0.25, 0.3) is 17.4 Å². The number of carbonyl (C=O) groups is 2. The summed E-state index contributed by atoms with van der Waals surface area (Å²) in [6.45, 7) is 0. The number of nitrogens with one attached hydrogen (secondary N) is 2. The molecular formula is C12H12F3N5O4. The number of aromatic nitrogens is 3. The molecule has 2 aliphatic rings. The van der Waals surface area contributed by atoms with Crippen LogP contribution in [0.3, 0.4) is 0 Å². The van der Waals surface area contributed by atoms with Crippen LogP contribution in [0.1, 0.15) is 37.9 Å². The van der Waals surface area contributed by atoms with Gasteiger partial charge in [-0.25, -0.2) is 15.0 Å². The van der Waals surface area contributed by atoms with Crippen LogP contribution >= 0.6 is 0 Å². The summed E-state index contributed by atoms with van der Waals surface area (Å²) in [6.07, 6.45) is -1.45. The molecule has 2 fully saturated rings. The maximum absolute atomic E-state index is 12.4. The Kier molecular flexibility index (Phi) is 3.89. The van der Waals surface area contributed by atoms with Gasteiger partial charge in [-0.1, -0.05) is 6.42 Å². The molecule has 2 N–H and O–H groups in total. The Labute approximate surface area is 132 Å². The lowest BCUT2D eigenvalue weighted by Crippen LogP contribution is -2.51. The lowest BCUT2D eigenvalue weighted by molar-refractivity contribution is -0.237. The average Bonchev–Trinajstić information content (AvgIpc) is 2.96. The first-order valence-corrected chi connectivity index (χ1v) is 7.09. The van der Waals surface area contributed by atoms with E-state index in [1.165, 1.54) is 0 Å². The first kappa shape index (κ1) is 16.2. The fourth-order valence-electron chi connectivity index (χ4n) is 2.47. The largest absolute Gasteiger partial charge is 0.451 e. The average molecular weight is 347 g/mol. The number of esters is 2. The summed E-state index contributed by atoms with van der Waals surface area (Å²) in [5, 5.41) is 8.27. The molecule has 0 bridgehead atoms. The fourth-order valence-corrected chi connectivity index (χ4v) is 2.47. The van der Waals surface area contributed by atoms with Gasteiger partial charge in [0, 0.05) is 12.8 Å². The highest BCUT2D eigenvalue weighted by molar-refractivity contribution is 6.63. The number of nitrogens with zero attached hydrogens (tertiary/aromatic N) is 3. The van der Waals surface area contributed by atoms with Gasteiger partial charge in [0.2, 0.25) is 5.82 Å². The smallest absolute Gasteiger partial charge is 0.417 e. The van der Waals surface area contributed by atoms with E-state index in [0.29, 0.717) is 12.8 Å². The second-order valence-corrected chi connectivity index (χ2v) is 5.33. The quantitative estimate of drug-likeness (QED) is 0.612. The van der Waals surface area contributed by atoms with Gasteiger partial charge < -0.3 is 9.47 Å². The maximum atomic E-state index is 12.4. The number of H-pyrrole nitrogens is 1. The summed E-state index contributed by atoms with van der Waals surface area (Å²) in [5.74, 6) is -5.19. The SMILES string of the molecule is O=C1OC2(CCCCC2)OC(=O)C1=NNc1n[nH]c(C(F)(F)F)n1. The molecule has 0 amide bonds. The molecule has 3 rings (SSSR count). The minimum atomic E-state index is -4.71. The number of halogens is 3. The summed E-state index contributed by atoms with van der Waals surface area (Å²) < 4.78 is 47.5. The third-order valence-corrected chi connectivity index (χ3v) is 3.58. The predicted octanol–water partition coefficient (Wildman–Crippen LogP) is 1.35. The molecule has 1 aromatic rings. The van der Waals surface area contributed by atoms with Crippen LogP contribution in [-0.4, -0.2) is 38.6 Å². The zero-order chi connectivity index (χ0) is 17.4. The molecule has 1 aliphatic carbocycles. The Morgan fingerprint density at radius 1 is 1.12 bits per heavy atom. The van der Waals surface area contributed by atoms with Crippen LogP contribution in [0.15, 0.2) is 5.10 Å². The van der Waals surface area contributed by atoms with E-state index in [2.05, 4.69) is 15.2 Å². The predicted molar refractivity (Wildman–Crippen MR) is 70.4 cm³/mol. The first-order valence-electron chi connectivity index (χ1n) is 7.09. The Balaban J connectivity index is 1.71. The lowest BCUT2D eigenvalue weighted by atomic mass is 9.93. The second-order valence-electron chi connectivity index (χ2n) is 5.33. The summed E-state index contributed by atoms with van der Waals surface area (Å²) in [7, 11) is 0. The number of rotatable bonds is 2. The van der Waals surface area contributed by atoms with Gasteiger partial charge in [-0.3, -0.25) is 5.10 Å². The van der Waals surface area contributed by atoms with Crippen molar-refractivity contribution in [1.82, 2.24) is 15.2 Å². The van der Waals surface area contributed by atoms with Crippen molar-refractivity contribution in [3.63, 3.8) is 0 Å². The highest BCUT2D eigenvalue weighted by Crippen LogP contribution is 2.35. The minimum Gasteiger partial charge on any atom is -0.417 e. The van der Waals surface area contributed by atoms with Crippen molar-refractivity contribution in [2.75, 3.05) is 5.43 Å². The van der Waals surface area contributed by atoms with E-state index < -0.39 is 41.4 Å². The molecule has 1 aliphatic heterocycles. The number of hydrazone groups is 1. The van der Waals surface area contributed by atoms with E-state index in [0.717, 1.165) is 19.3 Å². The lowest BCUT2D eigenvalue weighted by Gasteiger charge is -2.38. The molecule has 12 heteroatoms. The summed E-state index contributed by atoms with van der Waals surface area (Å²) >= 11 is 0. The van der Waals surface area contributed by atoms with Crippen molar-refractivity contribution in [2.24, 2.45) is 5.10 Å². The van der Waals surface area contributed by atoms with E-state index in [1.807, 2.05) is 5.43 Å². The summed E-state index contributed by atoms with van der Waals surface area (Å²) in [5.41, 5.74) is 1.27. The van der Waals surface area contributed by atoms with Gasteiger partial charge in [0.15, 0.2) is 0 Å². The number of anilines is 1. The molecule has 0 atom stereocenters. The molecule has 0 radical (unpaired) electrons. The van der Waals surface area contributed by atoms with Crippen LogP contribution in [0.2, 0.25) is 0 Å². The van der Waals surface area contributed by atoms with Crippen LogP contribution in [0, 0.1) is 0 Å². The van der Waals surface area contributed by atoms with E-state index in [-0.39, 0.29) is 0 Å². The van der Waals surface area contributed by atoms with Crippen LogP contribution in [-0.2, 0) is 25.2 Å². The Morgan fingerprint density at radius 2 is 1.75 bits per heavy atom. The number of ether oxygens (including phenoxy) is 2. The van der Waals surface area contributed by atoms with Crippen LogP contribution in [0.5, 0.6) is 0 Å². The van der Waals surface area contributed by atoms with Crippen LogP contribution < -0.4 is 5.43 Å². The standard InChI is InChI=1S/C12H12F3N5O4/c13-12(14,15)9-16-10(20-18-9)19-17-6-7(21)23-11(24-8(6)22)4-2-1-3-5-11/h1-5H2,(H2,16,18,19,20). The van der Waals surface area contributed by atoms with Crippen molar-refractivity contribution in [3.05, 3.63) is 5.82 Å². The highest BCUT2D eigenvalue weighted by atomic mass is 19.4. The number of alkyl halides is 3. The molecule has 1 spiro atoms. The van der Waals surface area contributed by atoms with Gasteiger partial charge in [-0.2, -0.15) is 23.3 Å². The molecule has 24 heavy (non-hydrogen) atoms. The van der Waals surface area contributed by atoms with Crippen molar-refractivity contribution in [3.8, 4) is 0 Å². The zero-order valence-corrected chi connectivity index (χ0v) is 12.1. The van der Waals surface area contributed by atoms with Crippen molar-refractivity contribution in [2.45, 2.75) is 44.1 Å². The van der Waals surface area contributed by atoms with E-state index in [1.54, 1.807) is 5.10 Å².